The number of hydrogen-bond acceptors (Lipinski definition) is 0. The molecule has 0 saturated heterocycles. The Morgan fingerprint density at radius 2 is 2.00 bits per heavy atom. The monoisotopic (exact) mass is 133 g/mol. The summed E-state index contributed by atoms with van der Waals surface area (Å²) in [6.07, 6.45) is 3.65. The summed E-state index contributed by atoms with van der Waals surface area (Å²) in [7, 11) is 0. The third-order valence-corrected chi connectivity index (χ3v) is 1.30. The average Bonchev–Trinajstić information content (AvgIpc) is 1.63. The van der Waals surface area contributed by atoms with Crippen LogP contribution in [0.1, 0.15) is 33.1 Å². The van der Waals surface area contributed by atoms with E-state index in [1.54, 1.807) is 0 Å². The molecule has 0 aliphatic heterocycles. The molecule has 1 atom stereocenters. The fraction of sp³-hybridized carbons (Fsp3) is 0.667. The quantitative estimate of drug-likeness (QED) is 0.408. The Kier molecular flexibility index (Phi) is 9.65. The van der Waals surface area contributed by atoms with E-state index in [-0.39, 0.29) is 18.9 Å². The molecule has 0 amide bonds. The molecule has 0 aliphatic carbocycles. The second-order valence-electron chi connectivity index (χ2n) is 2.95. The van der Waals surface area contributed by atoms with Gasteiger partial charge in [-0.3, -0.25) is 0 Å². The molecule has 0 spiro atoms. The van der Waals surface area contributed by atoms with Crippen molar-refractivity contribution in [2.75, 3.05) is 0 Å². The molecule has 0 bridgehead atoms. The topological polar surface area (TPSA) is 0 Å². The third kappa shape index (κ3) is 11.2. The van der Waals surface area contributed by atoms with Gasteiger partial charge in [-0.2, -0.15) is 0 Å². The second-order valence-corrected chi connectivity index (χ2v) is 2.95. The number of allylic oxidation sites excluding steroid dienone is 1. The number of rotatable bonds is 4. The minimum atomic E-state index is 0. The van der Waals surface area contributed by atoms with Crippen LogP contribution in [0.15, 0.2) is 12.2 Å². The first-order valence-electron chi connectivity index (χ1n) is 3.60. The fourth-order valence-electron chi connectivity index (χ4n) is 0.752. The van der Waals surface area contributed by atoms with Crippen LogP contribution in [0.4, 0.5) is 0 Å². The van der Waals surface area contributed by atoms with E-state index in [0.29, 0.717) is 5.92 Å². The molecule has 1 radical (unpaired) electrons. The van der Waals surface area contributed by atoms with E-state index in [0.717, 1.165) is 0 Å². The zero-order chi connectivity index (χ0) is 7.28. The van der Waals surface area contributed by atoms with Crippen LogP contribution in [-0.2, 0) is 0 Å². The molecule has 10 heavy (non-hydrogen) atoms. The third-order valence-electron chi connectivity index (χ3n) is 1.30. The molecule has 55 valence electrons. The van der Waals surface area contributed by atoms with Crippen LogP contribution < -0.4 is 0 Å². The Bertz CT molecular complexity index is 84.7. The zero-order valence-corrected chi connectivity index (χ0v) is 6.61. The molecule has 0 rings (SSSR count). The summed E-state index contributed by atoms with van der Waals surface area (Å²) >= 11 is 0. The average molecular weight is 133 g/mol. The Labute approximate surface area is 77.3 Å². The minimum absolute atomic E-state index is 0. The van der Waals surface area contributed by atoms with E-state index in [4.69, 9.17) is 0 Å². The van der Waals surface area contributed by atoms with Gasteiger partial charge < -0.3 is 0 Å². The van der Waals surface area contributed by atoms with Crippen molar-refractivity contribution in [2.24, 2.45) is 5.92 Å². The molecule has 0 saturated carbocycles. The predicted octanol–water partition coefficient (Wildman–Crippen LogP) is 2.55. The van der Waals surface area contributed by atoms with Gasteiger partial charge >= 0.3 is 18.9 Å². The van der Waals surface area contributed by atoms with Crippen LogP contribution >= 0.6 is 0 Å². The van der Waals surface area contributed by atoms with Crippen LogP contribution in [-0.4, -0.2) is 18.9 Å². The summed E-state index contributed by atoms with van der Waals surface area (Å²) in [5.74, 6) is 0.601. The van der Waals surface area contributed by atoms with Crippen LogP contribution in [0.5, 0.6) is 0 Å². The zero-order valence-electron chi connectivity index (χ0n) is 6.61. The van der Waals surface area contributed by atoms with Gasteiger partial charge in [0.05, 0.1) is 0 Å². The molecule has 1 unspecified atom stereocenters. The van der Waals surface area contributed by atoms with E-state index >= 15 is 0 Å². The summed E-state index contributed by atoms with van der Waals surface area (Å²) in [5.41, 5.74) is 1.29. The van der Waals surface area contributed by atoms with Gasteiger partial charge in [0.25, 0.3) is 0 Å². The molecule has 0 nitrogen and oxygen atoms in total. The molecular formula is C9H18Li. The van der Waals surface area contributed by atoms with Crippen molar-refractivity contribution in [3.8, 4) is 0 Å². The standard InChI is InChI=1S/C9H17.Li.H/c1-8(2)6-5-7-9(3)4;;/h8H,1,3,5-7H2,2,4H3;;. The molecule has 0 aromatic heterocycles. The van der Waals surface area contributed by atoms with Crippen molar-refractivity contribution in [1.29, 1.82) is 0 Å². The summed E-state index contributed by atoms with van der Waals surface area (Å²) in [6.45, 7) is 12.0. The number of hydrogen-bond donors (Lipinski definition) is 0. The van der Waals surface area contributed by atoms with Crippen molar-refractivity contribution in [3.63, 3.8) is 0 Å². The van der Waals surface area contributed by atoms with E-state index < -0.39 is 0 Å². The molecular weight excluding hydrogens is 115 g/mol. The van der Waals surface area contributed by atoms with Gasteiger partial charge in [0.15, 0.2) is 0 Å². The summed E-state index contributed by atoms with van der Waals surface area (Å²) < 4.78 is 0. The molecule has 0 aromatic rings. The van der Waals surface area contributed by atoms with Gasteiger partial charge in [0.1, 0.15) is 0 Å². The predicted molar refractivity (Wildman–Crippen MR) is 50.3 cm³/mol. The first-order chi connectivity index (χ1) is 4.13. The Balaban J connectivity index is 0. The van der Waals surface area contributed by atoms with Crippen molar-refractivity contribution < 1.29 is 0 Å². The van der Waals surface area contributed by atoms with E-state index in [1.165, 1.54) is 24.8 Å². The van der Waals surface area contributed by atoms with Crippen molar-refractivity contribution in [1.82, 2.24) is 0 Å². The van der Waals surface area contributed by atoms with Gasteiger partial charge in [-0.15, -0.1) is 6.58 Å². The van der Waals surface area contributed by atoms with Gasteiger partial charge in [-0.05, 0) is 25.7 Å². The first kappa shape index (κ1) is 13.0. The maximum atomic E-state index is 3.91. The molecule has 0 heterocycles. The van der Waals surface area contributed by atoms with Gasteiger partial charge in [0, 0.05) is 0 Å². The molecule has 0 aromatic carbocycles. The van der Waals surface area contributed by atoms with Crippen LogP contribution in [0, 0.1) is 12.8 Å². The second kappa shape index (κ2) is 7.44. The van der Waals surface area contributed by atoms with Crippen LogP contribution in [0.25, 0.3) is 0 Å². The Morgan fingerprint density at radius 3 is 2.30 bits per heavy atom. The van der Waals surface area contributed by atoms with E-state index in [9.17, 15) is 0 Å². The fourth-order valence-corrected chi connectivity index (χ4v) is 0.752. The summed E-state index contributed by atoms with van der Waals surface area (Å²) in [4.78, 5) is 0. The van der Waals surface area contributed by atoms with Crippen molar-refractivity contribution in [3.05, 3.63) is 19.1 Å². The SMILES string of the molecule is [CH2]C(C)CCCC(=C)C.[LiH]. The van der Waals surface area contributed by atoms with Gasteiger partial charge in [-0.1, -0.05) is 25.8 Å². The van der Waals surface area contributed by atoms with Crippen molar-refractivity contribution in [2.45, 2.75) is 33.1 Å². The summed E-state index contributed by atoms with van der Waals surface area (Å²) in [6, 6.07) is 0. The molecule has 0 aliphatic rings. The van der Waals surface area contributed by atoms with Crippen LogP contribution in [0.2, 0.25) is 0 Å². The van der Waals surface area contributed by atoms with E-state index in [1.807, 2.05) is 0 Å². The Hall–Kier alpha value is 0.337. The van der Waals surface area contributed by atoms with E-state index in [2.05, 4.69) is 27.4 Å². The van der Waals surface area contributed by atoms with Crippen molar-refractivity contribution >= 4 is 18.9 Å². The first-order valence-corrected chi connectivity index (χ1v) is 3.60. The van der Waals surface area contributed by atoms with Gasteiger partial charge in [-0.25, -0.2) is 0 Å². The molecule has 0 fully saturated rings. The maximum absolute atomic E-state index is 3.91. The Morgan fingerprint density at radius 1 is 1.50 bits per heavy atom. The van der Waals surface area contributed by atoms with Crippen LogP contribution in [0.3, 0.4) is 0 Å². The molecule has 0 N–H and O–H groups in total. The summed E-state index contributed by atoms with van der Waals surface area (Å²) in [5, 5.41) is 0. The normalized spacial score (nSPS) is 9.20. The van der Waals surface area contributed by atoms with Gasteiger partial charge in [0.2, 0.25) is 0 Å². The molecule has 1 heteroatoms.